The van der Waals surface area contributed by atoms with Crippen LogP contribution in [0.2, 0.25) is 0 Å². The predicted octanol–water partition coefficient (Wildman–Crippen LogP) is 5.52. The number of nitrogens with zero attached hydrogens (tertiary/aromatic N) is 3. The number of hydrogen-bond donors (Lipinski definition) is 0. The van der Waals surface area contributed by atoms with Gasteiger partial charge in [-0.05, 0) is 66.3 Å². The molecule has 42 heavy (non-hydrogen) atoms. The molecular formula is C32H31N3O7. The molecule has 1 heterocycles. The number of methoxy groups -OCH3 is 2. The van der Waals surface area contributed by atoms with Gasteiger partial charge in [0.15, 0.2) is 6.61 Å². The van der Waals surface area contributed by atoms with Crippen molar-refractivity contribution in [2.75, 3.05) is 20.8 Å². The molecule has 0 bridgehead atoms. The van der Waals surface area contributed by atoms with Gasteiger partial charge in [-0.3, -0.25) is 19.7 Å². The number of esters is 1. The Labute approximate surface area is 243 Å². The maximum absolute atomic E-state index is 13.5. The molecule has 0 N–H and O–H groups in total. The monoisotopic (exact) mass is 569 g/mol. The van der Waals surface area contributed by atoms with Crippen molar-refractivity contribution in [3.05, 3.63) is 105 Å². The van der Waals surface area contributed by atoms with Gasteiger partial charge in [0.2, 0.25) is 0 Å². The normalized spacial score (nSPS) is 18.7. The number of allylic oxidation sites excluding steroid dienone is 1. The minimum absolute atomic E-state index is 0.0386. The van der Waals surface area contributed by atoms with Crippen molar-refractivity contribution in [3.63, 3.8) is 0 Å². The molecule has 2 atom stereocenters. The number of carbonyl (C=O) groups excluding carboxylic acids is 2. The largest absolute Gasteiger partial charge is 0.497 e. The summed E-state index contributed by atoms with van der Waals surface area (Å²) in [5.41, 5.74) is 3.84. The highest BCUT2D eigenvalue weighted by atomic mass is 16.6. The van der Waals surface area contributed by atoms with Crippen molar-refractivity contribution in [1.29, 1.82) is 0 Å². The number of benzene rings is 3. The van der Waals surface area contributed by atoms with E-state index in [2.05, 4.69) is 6.08 Å². The van der Waals surface area contributed by atoms with Gasteiger partial charge in [0.1, 0.15) is 11.5 Å². The summed E-state index contributed by atoms with van der Waals surface area (Å²) in [6.07, 6.45) is 4.38. The van der Waals surface area contributed by atoms with Gasteiger partial charge in [0, 0.05) is 17.5 Å². The van der Waals surface area contributed by atoms with Crippen LogP contribution >= 0.6 is 0 Å². The highest BCUT2D eigenvalue weighted by Crippen LogP contribution is 2.44. The van der Waals surface area contributed by atoms with Crippen LogP contribution < -0.4 is 9.47 Å². The Bertz CT molecular complexity index is 1530. The van der Waals surface area contributed by atoms with Crippen LogP contribution in [0.3, 0.4) is 0 Å². The van der Waals surface area contributed by atoms with Gasteiger partial charge in [-0.1, -0.05) is 42.5 Å². The third-order valence-corrected chi connectivity index (χ3v) is 7.55. The molecule has 216 valence electrons. The van der Waals surface area contributed by atoms with E-state index in [1.165, 1.54) is 23.2 Å². The van der Waals surface area contributed by atoms with Gasteiger partial charge in [-0.15, -0.1) is 0 Å². The number of hydrogen-bond acceptors (Lipinski definition) is 8. The van der Waals surface area contributed by atoms with E-state index < -0.39 is 23.4 Å². The molecule has 0 saturated heterocycles. The van der Waals surface area contributed by atoms with E-state index in [1.54, 1.807) is 20.3 Å². The fourth-order valence-electron chi connectivity index (χ4n) is 5.50. The van der Waals surface area contributed by atoms with Gasteiger partial charge >= 0.3 is 5.97 Å². The SMILES string of the molecule is COc1ccc(C=C2CCCC3C2=NN(C(=O)COC(=O)Cc2ccccc2[N+](=O)[O-])C3c2ccc(OC)cc2)cc1. The van der Waals surface area contributed by atoms with E-state index in [4.69, 9.17) is 19.3 Å². The number of nitro groups is 1. The summed E-state index contributed by atoms with van der Waals surface area (Å²) in [6, 6.07) is 20.9. The van der Waals surface area contributed by atoms with Crippen LogP contribution in [0.25, 0.3) is 6.08 Å². The second-order valence-corrected chi connectivity index (χ2v) is 10.1. The Morgan fingerprint density at radius 1 is 1.00 bits per heavy atom. The molecule has 2 aliphatic rings. The van der Waals surface area contributed by atoms with Gasteiger partial charge < -0.3 is 14.2 Å². The Morgan fingerprint density at radius 3 is 2.33 bits per heavy atom. The topological polar surface area (TPSA) is 121 Å². The average molecular weight is 570 g/mol. The van der Waals surface area contributed by atoms with Crippen molar-refractivity contribution in [2.24, 2.45) is 11.0 Å². The van der Waals surface area contributed by atoms with E-state index in [0.717, 1.165) is 47.4 Å². The summed E-state index contributed by atoms with van der Waals surface area (Å²) < 4.78 is 15.9. The van der Waals surface area contributed by atoms with Crippen LogP contribution in [0.4, 0.5) is 5.69 Å². The lowest BCUT2D eigenvalue weighted by molar-refractivity contribution is -0.385. The minimum atomic E-state index is -0.733. The molecule has 0 aromatic heterocycles. The second kappa shape index (κ2) is 12.7. The maximum atomic E-state index is 13.5. The van der Waals surface area contributed by atoms with E-state index in [0.29, 0.717) is 5.75 Å². The lowest BCUT2D eigenvalue weighted by Gasteiger charge is -2.29. The molecule has 2 unspecified atom stereocenters. The second-order valence-electron chi connectivity index (χ2n) is 10.1. The van der Waals surface area contributed by atoms with Crippen molar-refractivity contribution >= 4 is 29.4 Å². The molecule has 3 aromatic rings. The molecule has 10 nitrogen and oxygen atoms in total. The van der Waals surface area contributed by atoms with E-state index >= 15 is 0 Å². The highest BCUT2D eigenvalue weighted by molar-refractivity contribution is 6.08. The minimum Gasteiger partial charge on any atom is -0.497 e. The molecule has 1 saturated carbocycles. The lowest BCUT2D eigenvalue weighted by atomic mass is 9.77. The fraction of sp³-hybridized carbons (Fsp3) is 0.281. The zero-order valence-corrected chi connectivity index (χ0v) is 23.4. The third-order valence-electron chi connectivity index (χ3n) is 7.55. The first kappa shape index (κ1) is 28.5. The highest BCUT2D eigenvalue weighted by Gasteiger charge is 2.44. The summed E-state index contributed by atoms with van der Waals surface area (Å²) in [5.74, 6) is 0.219. The van der Waals surface area contributed by atoms with Gasteiger partial charge in [0.25, 0.3) is 11.6 Å². The van der Waals surface area contributed by atoms with Crippen molar-refractivity contribution in [2.45, 2.75) is 31.7 Å². The first-order valence-corrected chi connectivity index (χ1v) is 13.7. The van der Waals surface area contributed by atoms with Crippen LogP contribution in [0.5, 0.6) is 11.5 Å². The lowest BCUT2D eigenvalue weighted by Crippen LogP contribution is -2.34. The predicted molar refractivity (Wildman–Crippen MR) is 156 cm³/mol. The summed E-state index contributed by atoms with van der Waals surface area (Å²) >= 11 is 0. The summed E-state index contributed by atoms with van der Waals surface area (Å²) in [5, 5.41) is 17.5. The number of nitro benzene ring substituents is 1. The summed E-state index contributed by atoms with van der Waals surface area (Å²) in [7, 11) is 3.22. The number of amides is 1. The Hall–Kier alpha value is -4.99. The fourth-order valence-corrected chi connectivity index (χ4v) is 5.50. The summed E-state index contributed by atoms with van der Waals surface area (Å²) in [6.45, 7) is -0.535. The molecule has 3 aromatic carbocycles. The number of fused-ring (bicyclic) bond motifs is 1. The zero-order chi connectivity index (χ0) is 29.6. The molecule has 10 heteroatoms. The molecule has 1 amide bonds. The molecule has 0 spiro atoms. The third kappa shape index (κ3) is 6.17. The summed E-state index contributed by atoms with van der Waals surface area (Å²) in [4.78, 5) is 36.9. The number of rotatable bonds is 9. The van der Waals surface area contributed by atoms with E-state index in [9.17, 15) is 19.7 Å². The van der Waals surface area contributed by atoms with E-state index in [1.807, 2.05) is 48.5 Å². The van der Waals surface area contributed by atoms with Crippen molar-refractivity contribution in [1.82, 2.24) is 5.01 Å². The van der Waals surface area contributed by atoms with Crippen LogP contribution in [-0.4, -0.2) is 48.3 Å². The van der Waals surface area contributed by atoms with Crippen LogP contribution in [0.15, 0.2) is 83.5 Å². The van der Waals surface area contributed by atoms with Gasteiger partial charge in [-0.25, -0.2) is 5.01 Å². The van der Waals surface area contributed by atoms with E-state index in [-0.39, 0.29) is 29.6 Å². The molecule has 0 radical (unpaired) electrons. The number of hydrazone groups is 1. The molecule has 1 fully saturated rings. The molecule has 5 rings (SSSR count). The van der Waals surface area contributed by atoms with Crippen LogP contribution in [0.1, 0.15) is 42.0 Å². The van der Waals surface area contributed by atoms with Crippen LogP contribution in [0, 0.1) is 16.0 Å². The average Bonchev–Trinajstić information content (AvgIpc) is 3.41. The smallest absolute Gasteiger partial charge is 0.311 e. The van der Waals surface area contributed by atoms with Gasteiger partial charge in [0.05, 0.1) is 37.3 Å². The zero-order valence-electron chi connectivity index (χ0n) is 23.4. The van der Waals surface area contributed by atoms with Crippen LogP contribution in [-0.2, 0) is 20.7 Å². The first-order chi connectivity index (χ1) is 20.4. The Balaban J connectivity index is 1.39. The number of carbonyl (C=O) groups is 2. The van der Waals surface area contributed by atoms with Crippen molar-refractivity contribution in [3.8, 4) is 11.5 Å². The Morgan fingerprint density at radius 2 is 1.67 bits per heavy atom. The quantitative estimate of drug-likeness (QED) is 0.189. The van der Waals surface area contributed by atoms with Crippen molar-refractivity contribution < 1.29 is 28.7 Å². The maximum Gasteiger partial charge on any atom is 0.311 e. The van der Waals surface area contributed by atoms with Gasteiger partial charge in [-0.2, -0.15) is 5.10 Å². The number of para-hydroxylation sites is 1. The molecule has 1 aliphatic heterocycles. The molecule has 1 aliphatic carbocycles. The molecular weight excluding hydrogens is 538 g/mol. The standard InChI is InChI=1S/C32H31N3O7/c1-40-25-14-10-21(11-15-25)18-24-7-5-8-27-31(24)33-34(32(27)22-12-16-26(41-2)17-13-22)29(36)20-42-30(37)19-23-6-3-4-9-28(23)35(38)39/h3-4,6,9-18,27,32H,5,7-8,19-20H2,1-2H3. The number of ether oxygens (including phenoxy) is 3. The Kier molecular flexibility index (Phi) is 8.61. The first-order valence-electron chi connectivity index (χ1n) is 13.7.